The van der Waals surface area contributed by atoms with Gasteiger partial charge >= 0.3 is 6.18 Å². The second-order valence-corrected chi connectivity index (χ2v) is 5.22. The first-order valence-electron chi connectivity index (χ1n) is 5.48. The molecule has 19 heavy (non-hydrogen) atoms. The number of thiophene rings is 1. The summed E-state index contributed by atoms with van der Waals surface area (Å²) in [5, 5.41) is 3.92. The fraction of sp³-hybridized carbons (Fsp3) is 0.154. The van der Waals surface area contributed by atoms with Crippen LogP contribution in [-0.2, 0) is 6.18 Å². The Kier molecular flexibility index (Phi) is 3.90. The molecule has 0 spiro atoms. The lowest BCUT2D eigenvalue weighted by molar-refractivity contribution is -0.137. The number of rotatable bonds is 3. The number of anilines is 1. The molecule has 6 heteroatoms. The van der Waals surface area contributed by atoms with Crippen LogP contribution in [0.3, 0.4) is 0 Å². The highest BCUT2D eigenvalue weighted by atomic mass is 32.1. The average molecular weight is 284 g/mol. The van der Waals surface area contributed by atoms with Crippen LogP contribution >= 0.6 is 11.3 Å². The molecule has 0 radical (unpaired) electrons. The third kappa shape index (κ3) is 3.82. The minimum atomic E-state index is -4.34. The summed E-state index contributed by atoms with van der Waals surface area (Å²) in [6.07, 6.45) is -2.76. The Hall–Kier alpha value is -1.82. The van der Waals surface area contributed by atoms with Crippen molar-refractivity contribution in [1.82, 2.24) is 0 Å². The molecular weight excluding hydrogens is 273 g/mol. The van der Waals surface area contributed by atoms with Gasteiger partial charge in [0.25, 0.3) is 0 Å². The average Bonchev–Trinajstić information content (AvgIpc) is 2.74. The van der Waals surface area contributed by atoms with E-state index in [0.717, 1.165) is 21.9 Å². The number of aryl methyl sites for hydroxylation is 1. The standard InChI is InChI=1S/C13H11F3N2S/c1-9-5-6-12(19-9)8-17-18-11-4-2-3-10(7-11)13(14,15)16/h2-8,18H,1H3/b17-8+. The third-order valence-electron chi connectivity index (χ3n) is 2.34. The molecule has 2 aromatic rings. The summed E-state index contributed by atoms with van der Waals surface area (Å²) in [6, 6.07) is 8.78. The molecule has 0 unspecified atom stereocenters. The van der Waals surface area contributed by atoms with Crippen molar-refractivity contribution < 1.29 is 13.2 Å². The largest absolute Gasteiger partial charge is 0.416 e. The summed E-state index contributed by atoms with van der Waals surface area (Å²) in [7, 11) is 0. The van der Waals surface area contributed by atoms with Crippen molar-refractivity contribution in [3.8, 4) is 0 Å². The Morgan fingerprint density at radius 3 is 2.63 bits per heavy atom. The Bertz CT molecular complexity index is 588. The highest BCUT2D eigenvalue weighted by molar-refractivity contribution is 7.13. The number of hydrogen-bond acceptors (Lipinski definition) is 3. The summed E-state index contributed by atoms with van der Waals surface area (Å²) in [5.41, 5.74) is 2.20. The third-order valence-corrected chi connectivity index (χ3v) is 3.27. The molecule has 1 aromatic carbocycles. The number of hydrogen-bond donors (Lipinski definition) is 1. The Balaban J connectivity index is 2.06. The minimum Gasteiger partial charge on any atom is -0.278 e. The molecule has 0 saturated carbocycles. The zero-order valence-electron chi connectivity index (χ0n) is 10.0. The lowest BCUT2D eigenvalue weighted by atomic mass is 10.2. The fourth-order valence-electron chi connectivity index (χ4n) is 1.46. The molecular formula is C13H11F3N2S. The van der Waals surface area contributed by atoms with Crippen molar-refractivity contribution in [2.45, 2.75) is 13.1 Å². The Morgan fingerprint density at radius 2 is 2.00 bits per heavy atom. The van der Waals surface area contributed by atoms with Gasteiger partial charge in [-0.25, -0.2) is 0 Å². The number of benzene rings is 1. The maximum Gasteiger partial charge on any atom is 0.416 e. The van der Waals surface area contributed by atoms with E-state index in [0.29, 0.717) is 5.69 Å². The molecule has 0 fully saturated rings. The first-order valence-corrected chi connectivity index (χ1v) is 6.29. The molecule has 0 atom stereocenters. The van der Waals surface area contributed by atoms with E-state index in [1.807, 2.05) is 19.1 Å². The fourth-order valence-corrected chi connectivity index (χ4v) is 2.21. The van der Waals surface area contributed by atoms with Crippen LogP contribution in [0.25, 0.3) is 0 Å². The van der Waals surface area contributed by atoms with Crippen molar-refractivity contribution in [2.24, 2.45) is 5.10 Å². The van der Waals surface area contributed by atoms with Gasteiger partial charge in [-0.15, -0.1) is 11.3 Å². The monoisotopic (exact) mass is 284 g/mol. The van der Waals surface area contributed by atoms with Crippen LogP contribution in [0.5, 0.6) is 0 Å². The first-order chi connectivity index (χ1) is 8.95. The Labute approximate surface area is 112 Å². The molecule has 0 aliphatic rings. The molecule has 2 rings (SSSR count). The van der Waals surface area contributed by atoms with Gasteiger partial charge in [0.15, 0.2) is 0 Å². The predicted octanol–water partition coefficient (Wildman–Crippen LogP) is 4.52. The SMILES string of the molecule is Cc1ccc(/C=N/Nc2cccc(C(F)(F)F)c2)s1. The summed E-state index contributed by atoms with van der Waals surface area (Å²) in [4.78, 5) is 2.09. The Morgan fingerprint density at radius 1 is 1.21 bits per heavy atom. The number of nitrogens with one attached hydrogen (secondary N) is 1. The van der Waals surface area contributed by atoms with Gasteiger partial charge in [-0.05, 0) is 37.3 Å². The maximum absolute atomic E-state index is 12.5. The van der Waals surface area contributed by atoms with Crippen molar-refractivity contribution in [3.05, 3.63) is 51.7 Å². The topological polar surface area (TPSA) is 24.4 Å². The highest BCUT2D eigenvalue weighted by Gasteiger charge is 2.30. The van der Waals surface area contributed by atoms with Crippen molar-refractivity contribution in [1.29, 1.82) is 0 Å². The van der Waals surface area contributed by atoms with Gasteiger partial charge in [0, 0.05) is 9.75 Å². The maximum atomic E-state index is 12.5. The van der Waals surface area contributed by atoms with E-state index in [1.165, 1.54) is 12.1 Å². The smallest absolute Gasteiger partial charge is 0.278 e. The molecule has 1 N–H and O–H groups in total. The lowest BCUT2D eigenvalue weighted by Crippen LogP contribution is -2.05. The molecule has 1 heterocycles. The molecule has 0 aliphatic carbocycles. The van der Waals surface area contributed by atoms with Crippen LogP contribution in [0.1, 0.15) is 15.3 Å². The van der Waals surface area contributed by atoms with Crippen LogP contribution in [0.4, 0.5) is 18.9 Å². The predicted molar refractivity (Wildman–Crippen MR) is 71.7 cm³/mol. The molecule has 100 valence electrons. The van der Waals surface area contributed by atoms with Crippen molar-refractivity contribution in [3.63, 3.8) is 0 Å². The van der Waals surface area contributed by atoms with Crippen molar-refractivity contribution >= 4 is 23.2 Å². The number of nitrogens with zero attached hydrogens (tertiary/aromatic N) is 1. The summed E-state index contributed by atoms with van der Waals surface area (Å²) in [6.45, 7) is 1.97. The van der Waals surface area contributed by atoms with E-state index in [9.17, 15) is 13.2 Å². The number of halogens is 3. The van der Waals surface area contributed by atoms with Crippen LogP contribution in [0, 0.1) is 6.92 Å². The van der Waals surface area contributed by atoms with Gasteiger partial charge in [-0.2, -0.15) is 18.3 Å². The quantitative estimate of drug-likeness (QED) is 0.650. The summed E-state index contributed by atoms with van der Waals surface area (Å²) < 4.78 is 37.5. The highest BCUT2D eigenvalue weighted by Crippen LogP contribution is 2.30. The minimum absolute atomic E-state index is 0.305. The van der Waals surface area contributed by atoms with Gasteiger partial charge in [0.05, 0.1) is 17.5 Å². The van der Waals surface area contributed by atoms with Gasteiger partial charge in [-0.1, -0.05) is 6.07 Å². The van der Waals surface area contributed by atoms with E-state index in [-0.39, 0.29) is 0 Å². The second kappa shape index (κ2) is 5.44. The van der Waals surface area contributed by atoms with Crippen LogP contribution in [-0.4, -0.2) is 6.21 Å². The molecule has 0 aliphatic heterocycles. The zero-order chi connectivity index (χ0) is 13.9. The normalized spacial score (nSPS) is 12.0. The van der Waals surface area contributed by atoms with Gasteiger partial charge < -0.3 is 0 Å². The molecule has 0 bridgehead atoms. The lowest BCUT2D eigenvalue weighted by Gasteiger charge is -2.07. The van der Waals surface area contributed by atoms with E-state index in [4.69, 9.17) is 0 Å². The van der Waals surface area contributed by atoms with Crippen LogP contribution < -0.4 is 5.43 Å². The van der Waals surface area contributed by atoms with Gasteiger partial charge in [0.1, 0.15) is 0 Å². The van der Waals surface area contributed by atoms with Gasteiger partial charge in [-0.3, -0.25) is 5.43 Å². The number of hydrazone groups is 1. The molecule has 0 saturated heterocycles. The van der Waals surface area contributed by atoms with Gasteiger partial charge in [0.2, 0.25) is 0 Å². The molecule has 1 aromatic heterocycles. The van der Waals surface area contributed by atoms with E-state index in [2.05, 4.69) is 10.5 Å². The van der Waals surface area contributed by atoms with Crippen molar-refractivity contribution in [2.75, 3.05) is 5.43 Å². The van der Waals surface area contributed by atoms with E-state index in [1.54, 1.807) is 17.6 Å². The number of alkyl halides is 3. The summed E-state index contributed by atoms with van der Waals surface area (Å²) >= 11 is 1.56. The van der Waals surface area contributed by atoms with E-state index < -0.39 is 11.7 Å². The molecule has 0 amide bonds. The second-order valence-electron chi connectivity index (χ2n) is 3.90. The zero-order valence-corrected chi connectivity index (χ0v) is 10.8. The molecule has 2 nitrogen and oxygen atoms in total. The van der Waals surface area contributed by atoms with Crippen LogP contribution in [0.2, 0.25) is 0 Å². The van der Waals surface area contributed by atoms with Crippen LogP contribution in [0.15, 0.2) is 41.5 Å². The van der Waals surface area contributed by atoms with E-state index >= 15 is 0 Å². The summed E-state index contributed by atoms with van der Waals surface area (Å²) in [5.74, 6) is 0. The first kappa shape index (κ1) is 13.6.